The number of amides is 1. The lowest BCUT2D eigenvalue weighted by atomic mass is 9.96. The zero-order valence-electron chi connectivity index (χ0n) is 17.7. The van der Waals surface area contributed by atoms with Gasteiger partial charge < -0.3 is 10.2 Å². The standard InChI is InChI=1S/C24H27FN4O/c1-15-4-7-20-17(3)27-24(28-22(20)12-15)29-10-8-19(9-11-29)23(30)26-14-18-6-5-16(2)21(25)13-18/h4-7,12-13,19H,8-11,14H2,1-3H3,(H,26,30). The van der Waals surface area contributed by atoms with Crippen LogP contribution in [0.4, 0.5) is 10.3 Å². The molecule has 30 heavy (non-hydrogen) atoms. The van der Waals surface area contributed by atoms with Crippen molar-refractivity contribution in [3.63, 3.8) is 0 Å². The number of nitrogens with one attached hydrogen (secondary N) is 1. The van der Waals surface area contributed by atoms with Crippen molar-refractivity contribution in [3.8, 4) is 0 Å². The van der Waals surface area contributed by atoms with E-state index in [9.17, 15) is 9.18 Å². The molecule has 1 fully saturated rings. The summed E-state index contributed by atoms with van der Waals surface area (Å²) in [6, 6.07) is 11.3. The van der Waals surface area contributed by atoms with Crippen LogP contribution in [0.2, 0.25) is 0 Å². The summed E-state index contributed by atoms with van der Waals surface area (Å²) < 4.78 is 13.7. The Bertz CT molecular complexity index is 1090. The lowest BCUT2D eigenvalue weighted by molar-refractivity contribution is -0.125. The molecule has 0 bridgehead atoms. The molecule has 0 spiro atoms. The van der Waals surface area contributed by atoms with Crippen LogP contribution in [-0.4, -0.2) is 29.0 Å². The van der Waals surface area contributed by atoms with E-state index in [1.807, 2.05) is 13.0 Å². The third kappa shape index (κ3) is 4.27. The zero-order valence-corrected chi connectivity index (χ0v) is 17.7. The van der Waals surface area contributed by atoms with Crippen LogP contribution >= 0.6 is 0 Å². The van der Waals surface area contributed by atoms with Crippen LogP contribution in [0.5, 0.6) is 0 Å². The molecule has 2 aromatic carbocycles. The van der Waals surface area contributed by atoms with Gasteiger partial charge in [0.1, 0.15) is 5.82 Å². The van der Waals surface area contributed by atoms with Crippen LogP contribution in [0.1, 0.15) is 35.2 Å². The average Bonchev–Trinajstić information content (AvgIpc) is 2.74. The summed E-state index contributed by atoms with van der Waals surface area (Å²) >= 11 is 0. The van der Waals surface area contributed by atoms with Crippen molar-refractivity contribution in [2.75, 3.05) is 18.0 Å². The molecule has 1 aliphatic rings. The number of hydrogen-bond donors (Lipinski definition) is 1. The lowest BCUT2D eigenvalue weighted by Crippen LogP contribution is -2.41. The van der Waals surface area contributed by atoms with Gasteiger partial charge in [-0.1, -0.05) is 24.3 Å². The first-order valence-corrected chi connectivity index (χ1v) is 10.4. The number of nitrogens with zero attached hydrogens (tertiary/aromatic N) is 3. The predicted octanol–water partition coefficient (Wildman–Crippen LogP) is 4.23. The lowest BCUT2D eigenvalue weighted by Gasteiger charge is -2.31. The van der Waals surface area contributed by atoms with Gasteiger partial charge in [-0.2, -0.15) is 0 Å². The number of carbonyl (C=O) groups is 1. The molecule has 0 radical (unpaired) electrons. The number of carbonyl (C=O) groups excluding carboxylic acids is 1. The van der Waals surface area contributed by atoms with Crippen molar-refractivity contribution in [2.45, 2.75) is 40.2 Å². The Kier molecular flexibility index (Phi) is 5.66. The monoisotopic (exact) mass is 406 g/mol. The minimum absolute atomic E-state index is 0.0295. The van der Waals surface area contributed by atoms with Crippen molar-refractivity contribution in [1.29, 1.82) is 0 Å². The largest absolute Gasteiger partial charge is 0.352 e. The molecule has 0 atom stereocenters. The molecule has 1 amide bonds. The van der Waals surface area contributed by atoms with E-state index < -0.39 is 0 Å². The number of halogens is 1. The van der Waals surface area contributed by atoms with Crippen molar-refractivity contribution >= 4 is 22.8 Å². The van der Waals surface area contributed by atoms with Gasteiger partial charge in [0.25, 0.3) is 0 Å². The van der Waals surface area contributed by atoms with E-state index >= 15 is 0 Å². The van der Waals surface area contributed by atoms with Crippen LogP contribution in [0, 0.1) is 32.5 Å². The number of aryl methyl sites for hydroxylation is 3. The Balaban J connectivity index is 1.37. The van der Waals surface area contributed by atoms with Crippen LogP contribution in [0.3, 0.4) is 0 Å². The zero-order chi connectivity index (χ0) is 21.3. The summed E-state index contributed by atoms with van der Waals surface area (Å²) in [5.74, 6) is 0.484. The third-order valence-electron chi connectivity index (χ3n) is 5.88. The Morgan fingerprint density at radius 1 is 1.10 bits per heavy atom. The van der Waals surface area contributed by atoms with E-state index in [1.54, 1.807) is 13.0 Å². The molecule has 3 aromatic rings. The van der Waals surface area contributed by atoms with E-state index in [0.29, 0.717) is 12.1 Å². The molecule has 1 N–H and O–H groups in total. The van der Waals surface area contributed by atoms with Gasteiger partial charge in [-0.3, -0.25) is 4.79 Å². The minimum Gasteiger partial charge on any atom is -0.352 e. The highest BCUT2D eigenvalue weighted by atomic mass is 19.1. The van der Waals surface area contributed by atoms with Gasteiger partial charge in [0, 0.05) is 30.9 Å². The second-order valence-corrected chi connectivity index (χ2v) is 8.19. The highest BCUT2D eigenvalue weighted by Gasteiger charge is 2.26. The fraction of sp³-hybridized carbons (Fsp3) is 0.375. The quantitative estimate of drug-likeness (QED) is 0.705. The average molecular weight is 407 g/mol. The van der Waals surface area contributed by atoms with Crippen LogP contribution in [0.25, 0.3) is 10.9 Å². The van der Waals surface area contributed by atoms with Gasteiger partial charge in [-0.05, 0) is 62.4 Å². The van der Waals surface area contributed by atoms with Crippen molar-refractivity contribution in [2.24, 2.45) is 5.92 Å². The first kappa shape index (κ1) is 20.3. The summed E-state index contributed by atoms with van der Waals surface area (Å²) in [6.45, 7) is 7.64. The number of fused-ring (bicyclic) bond motifs is 1. The maximum Gasteiger partial charge on any atom is 0.226 e. The van der Waals surface area contributed by atoms with Gasteiger partial charge in [0.15, 0.2) is 0 Å². The second kappa shape index (κ2) is 8.38. The second-order valence-electron chi connectivity index (χ2n) is 8.19. The molecule has 0 aliphatic carbocycles. The van der Waals surface area contributed by atoms with E-state index in [1.165, 1.54) is 11.6 Å². The molecule has 5 nitrogen and oxygen atoms in total. The van der Waals surface area contributed by atoms with Crippen LogP contribution in [-0.2, 0) is 11.3 Å². The van der Waals surface area contributed by atoms with E-state index in [2.05, 4.69) is 35.3 Å². The topological polar surface area (TPSA) is 58.1 Å². The highest BCUT2D eigenvalue weighted by Crippen LogP contribution is 2.24. The molecule has 156 valence electrons. The number of rotatable bonds is 4. The minimum atomic E-state index is -0.240. The molecular weight excluding hydrogens is 379 g/mol. The van der Waals surface area contributed by atoms with E-state index in [-0.39, 0.29) is 17.6 Å². The normalized spacial score (nSPS) is 14.9. The van der Waals surface area contributed by atoms with Gasteiger partial charge >= 0.3 is 0 Å². The molecule has 1 aromatic heterocycles. The van der Waals surface area contributed by atoms with Gasteiger partial charge in [0.05, 0.1) is 11.2 Å². The fourth-order valence-electron chi connectivity index (χ4n) is 3.95. The number of aromatic nitrogens is 2. The molecule has 0 saturated carbocycles. The molecule has 1 saturated heterocycles. The van der Waals surface area contributed by atoms with Crippen molar-refractivity contribution in [3.05, 3.63) is 64.6 Å². The van der Waals surface area contributed by atoms with Gasteiger partial charge in [-0.15, -0.1) is 0 Å². The number of anilines is 1. The summed E-state index contributed by atoms with van der Waals surface area (Å²) in [5.41, 5.74) is 4.50. The number of piperidine rings is 1. The molecule has 0 unspecified atom stereocenters. The SMILES string of the molecule is Cc1ccc2c(C)nc(N3CCC(C(=O)NCc4ccc(C)c(F)c4)CC3)nc2c1. The Morgan fingerprint density at radius 2 is 1.87 bits per heavy atom. The summed E-state index contributed by atoms with van der Waals surface area (Å²) in [6.07, 6.45) is 1.50. The smallest absolute Gasteiger partial charge is 0.226 e. The molecule has 2 heterocycles. The Hall–Kier alpha value is -3.02. The van der Waals surface area contributed by atoms with Crippen LogP contribution in [0.15, 0.2) is 36.4 Å². The Morgan fingerprint density at radius 3 is 2.60 bits per heavy atom. The van der Waals surface area contributed by atoms with Crippen LogP contribution < -0.4 is 10.2 Å². The maximum atomic E-state index is 13.7. The maximum absolute atomic E-state index is 13.7. The number of benzene rings is 2. The van der Waals surface area contributed by atoms with Crippen molar-refractivity contribution in [1.82, 2.24) is 15.3 Å². The first-order valence-electron chi connectivity index (χ1n) is 10.4. The van der Waals surface area contributed by atoms with Crippen molar-refractivity contribution < 1.29 is 9.18 Å². The first-order chi connectivity index (χ1) is 14.4. The molecule has 6 heteroatoms. The highest BCUT2D eigenvalue weighted by molar-refractivity contribution is 5.82. The molecule has 1 aliphatic heterocycles. The fourth-order valence-corrected chi connectivity index (χ4v) is 3.95. The van der Waals surface area contributed by atoms with Gasteiger partial charge in [-0.25, -0.2) is 14.4 Å². The van der Waals surface area contributed by atoms with Gasteiger partial charge in [0.2, 0.25) is 11.9 Å². The van der Waals surface area contributed by atoms with E-state index in [0.717, 1.165) is 54.0 Å². The predicted molar refractivity (Wildman–Crippen MR) is 117 cm³/mol. The molecule has 4 rings (SSSR count). The summed E-state index contributed by atoms with van der Waals surface area (Å²) in [7, 11) is 0. The van der Waals surface area contributed by atoms with E-state index in [4.69, 9.17) is 9.97 Å². The Labute approximate surface area is 176 Å². The summed E-state index contributed by atoms with van der Waals surface area (Å²) in [4.78, 5) is 24.2. The molecular formula is C24H27FN4O. The number of hydrogen-bond acceptors (Lipinski definition) is 4. The third-order valence-corrected chi connectivity index (χ3v) is 5.88. The summed E-state index contributed by atoms with van der Waals surface area (Å²) in [5, 5.41) is 4.03.